The first kappa shape index (κ1) is 11.9. The maximum atomic E-state index is 12.3. The molecule has 1 aromatic rings. The van der Waals surface area contributed by atoms with Gasteiger partial charge in [0.25, 0.3) is 5.91 Å². The van der Waals surface area contributed by atoms with E-state index in [1.807, 2.05) is 11.9 Å². The molecule has 92 valence electrons. The second-order valence-corrected chi connectivity index (χ2v) is 4.28. The predicted octanol–water partition coefficient (Wildman–Crippen LogP) is -0.808. The molecule has 17 heavy (non-hydrogen) atoms. The summed E-state index contributed by atoms with van der Waals surface area (Å²) in [6.45, 7) is 2.88. The Kier molecular flexibility index (Phi) is 3.65. The van der Waals surface area contributed by atoms with E-state index in [4.69, 9.17) is 5.73 Å². The molecule has 0 saturated carbocycles. The lowest BCUT2D eigenvalue weighted by Crippen LogP contribution is -2.56. The monoisotopic (exact) mass is 235 g/mol. The molecule has 1 amide bonds. The number of rotatable bonds is 2. The molecule has 0 radical (unpaired) electrons. The molecule has 1 atom stereocenters. The zero-order valence-corrected chi connectivity index (χ0v) is 9.91. The fourth-order valence-corrected chi connectivity index (χ4v) is 2.06. The summed E-state index contributed by atoms with van der Waals surface area (Å²) in [5.74, 6) is -0.0107. The average Bonchev–Trinajstić information content (AvgIpc) is 2.39. The van der Waals surface area contributed by atoms with E-state index < -0.39 is 0 Å². The minimum atomic E-state index is -0.0107. The van der Waals surface area contributed by atoms with Crippen molar-refractivity contribution < 1.29 is 4.79 Å². The predicted molar refractivity (Wildman–Crippen MR) is 63.4 cm³/mol. The fourth-order valence-electron chi connectivity index (χ4n) is 2.06. The highest BCUT2D eigenvalue weighted by molar-refractivity contribution is 5.94. The zero-order chi connectivity index (χ0) is 12.3. The first-order valence-electron chi connectivity index (χ1n) is 5.68. The number of likely N-dealkylation sites (N-methyl/N-ethyl adjacent to an activating group) is 1. The molecule has 0 spiro atoms. The second-order valence-electron chi connectivity index (χ2n) is 4.28. The summed E-state index contributed by atoms with van der Waals surface area (Å²) >= 11 is 0. The lowest BCUT2D eigenvalue weighted by atomic mass is 10.1. The van der Waals surface area contributed by atoms with Gasteiger partial charge in [-0.2, -0.15) is 10.2 Å². The molecule has 1 saturated heterocycles. The molecular formula is C11H17N5O. The van der Waals surface area contributed by atoms with Gasteiger partial charge in [0.15, 0.2) is 0 Å². The number of amides is 1. The van der Waals surface area contributed by atoms with E-state index in [0.717, 1.165) is 13.1 Å². The normalized spacial score (nSPS) is 21.5. The van der Waals surface area contributed by atoms with Crippen LogP contribution in [0.3, 0.4) is 0 Å². The van der Waals surface area contributed by atoms with Crippen molar-refractivity contribution in [2.24, 2.45) is 5.73 Å². The van der Waals surface area contributed by atoms with Crippen molar-refractivity contribution in [3.05, 3.63) is 24.0 Å². The van der Waals surface area contributed by atoms with Crippen molar-refractivity contribution in [2.45, 2.75) is 6.04 Å². The first-order chi connectivity index (χ1) is 8.22. The van der Waals surface area contributed by atoms with E-state index in [-0.39, 0.29) is 11.9 Å². The molecule has 2 heterocycles. The molecule has 1 aliphatic heterocycles. The summed E-state index contributed by atoms with van der Waals surface area (Å²) in [6.07, 6.45) is 3.02. The number of hydrogen-bond acceptors (Lipinski definition) is 5. The van der Waals surface area contributed by atoms with Crippen LogP contribution in [0.1, 0.15) is 10.4 Å². The van der Waals surface area contributed by atoms with Crippen LogP contribution in [-0.2, 0) is 0 Å². The molecular weight excluding hydrogens is 218 g/mol. The number of nitrogens with two attached hydrogens (primary N) is 1. The van der Waals surface area contributed by atoms with Crippen LogP contribution >= 0.6 is 0 Å². The summed E-state index contributed by atoms with van der Waals surface area (Å²) in [5, 5.41) is 7.40. The van der Waals surface area contributed by atoms with Crippen LogP contribution in [0, 0.1) is 0 Å². The third kappa shape index (κ3) is 2.59. The third-order valence-electron chi connectivity index (χ3n) is 3.05. The summed E-state index contributed by atoms with van der Waals surface area (Å²) in [7, 11) is 2.04. The Balaban J connectivity index is 2.13. The summed E-state index contributed by atoms with van der Waals surface area (Å²) < 4.78 is 0. The summed E-state index contributed by atoms with van der Waals surface area (Å²) in [4.78, 5) is 16.3. The largest absolute Gasteiger partial charge is 0.332 e. The molecule has 2 N–H and O–H groups in total. The minimum absolute atomic E-state index is 0.0107. The topological polar surface area (TPSA) is 75.3 Å². The first-order valence-corrected chi connectivity index (χ1v) is 5.68. The molecule has 6 nitrogen and oxygen atoms in total. The van der Waals surface area contributed by atoms with Crippen LogP contribution in [0.4, 0.5) is 0 Å². The number of carbonyl (C=O) groups excluding carboxylic acids is 1. The van der Waals surface area contributed by atoms with E-state index in [0.29, 0.717) is 18.7 Å². The van der Waals surface area contributed by atoms with E-state index in [1.54, 1.807) is 6.07 Å². The highest BCUT2D eigenvalue weighted by Gasteiger charge is 2.28. The van der Waals surface area contributed by atoms with Crippen molar-refractivity contribution in [3.63, 3.8) is 0 Å². The number of carbonyl (C=O) groups is 1. The van der Waals surface area contributed by atoms with Gasteiger partial charge < -0.3 is 15.5 Å². The fraction of sp³-hybridized carbons (Fsp3) is 0.545. The van der Waals surface area contributed by atoms with E-state index in [2.05, 4.69) is 15.1 Å². The molecule has 1 fully saturated rings. The maximum absolute atomic E-state index is 12.3. The molecule has 1 aromatic heterocycles. The second kappa shape index (κ2) is 5.20. The molecule has 0 aliphatic carbocycles. The van der Waals surface area contributed by atoms with E-state index >= 15 is 0 Å². The average molecular weight is 235 g/mol. The van der Waals surface area contributed by atoms with Gasteiger partial charge in [0.1, 0.15) is 0 Å². The molecule has 0 bridgehead atoms. The van der Waals surface area contributed by atoms with Crippen LogP contribution in [0.5, 0.6) is 0 Å². The lowest BCUT2D eigenvalue weighted by molar-refractivity contribution is 0.0515. The Morgan fingerprint density at radius 1 is 1.53 bits per heavy atom. The van der Waals surface area contributed by atoms with Gasteiger partial charge in [-0.25, -0.2) is 0 Å². The molecule has 1 unspecified atom stereocenters. The van der Waals surface area contributed by atoms with Crippen molar-refractivity contribution >= 4 is 5.91 Å². The molecule has 6 heteroatoms. The Labute approximate surface area is 100 Å². The quantitative estimate of drug-likeness (QED) is 0.725. The van der Waals surface area contributed by atoms with Crippen molar-refractivity contribution in [2.75, 3.05) is 33.2 Å². The Morgan fingerprint density at radius 3 is 3.00 bits per heavy atom. The third-order valence-corrected chi connectivity index (χ3v) is 3.05. The minimum Gasteiger partial charge on any atom is -0.332 e. The zero-order valence-electron chi connectivity index (χ0n) is 9.91. The standard InChI is InChI=1S/C11H17N5O/c1-15-4-5-16(10(6-12)8-15)11(17)9-2-3-13-14-7-9/h2-3,7,10H,4-6,8,12H2,1H3. The molecule has 0 aromatic carbocycles. The smallest absolute Gasteiger partial charge is 0.255 e. The van der Waals surface area contributed by atoms with Gasteiger partial charge in [-0.15, -0.1) is 0 Å². The van der Waals surface area contributed by atoms with Gasteiger partial charge >= 0.3 is 0 Å². The maximum Gasteiger partial charge on any atom is 0.255 e. The van der Waals surface area contributed by atoms with Gasteiger partial charge in [-0.1, -0.05) is 0 Å². The van der Waals surface area contributed by atoms with Gasteiger partial charge in [0.05, 0.1) is 24.0 Å². The van der Waals surface area contributed by atoms with Gasteiger partial charge in [-0.3, -0.25) is 4.79 Å². The van der Waals surface area contributed by atoms with Crippen molar-refractivity contribution in [1.29, 1.82) is 0 Å². The van der Waals surface area contributed by atoms with E-state index in [9.17, 15) is 4.79 Å². The highest BCUT2D eigenvalue weighted by Crippen LogP contribution is 2.11. The van der Waals surface area contributed by atoms with Gasteiger partial charge in [0, 0.05) is 26.2 Å². The van der Waals surface area contributed by atoms with Crippen molar-refractivity contribution in [3.8, 4) is 0 Å². The van der Waals surface area contributed by atoms with Gasteiger partial charge in [0.2, 0.25) is 0 Å². The Bertz CT molecular complexity index is 383. The van der Waals surface area contributed by atoms with Crippen LogP contribution in [0.2, 0.25) is 0 Å². The summed E-state index contributed by atoms with van der Waals surface area (Å²) in [5.41, 5.74) is 6.30. The SMILES string of the molecule is CN1CCN(C(=O)c2ccnnc2)C(CN)C1. The summed E-state index contributed by atoms with van der Waals surface area (Å²) in [6, 6.07) is 1.76. The van der Waals surface area contributed by atoms with Crippen LogP contribution < -0.4 is 5.73 Å². The number of nitrogens with zero attached hydrogens (tertiary/aromatic N) is 4. The highest BCUT2D eigenvalue weighted by atomic mass is 16.2. The van der Waals surface area contributed by atoms with Crippen molar-refractivity contribution in [1.82, 2.24) is 20.0 Å². The number of aromatic nitrogens is 2. The Hall–Kier alpha value is -1.53. The number of piperazine rings is 1. The molecule has 2 rings (SSSR count). The van der Waals surface area contributed by atoms with Crippen LogP contribution in [0.15, 0.2) is 18.5 Å². The number of hydrogen-bond donors (Lipinski definition) is 1. The van der Waals surface area contributed by atoms with E-state index in [1.165, 1.54) is 12.4 Å². The van der Waals surface area contributed by atoms with Crippen LogP contribution in [0.25, 0.3) is 0 Å². The Morgan fingerprint density at radius 2 is 2.35 bits per heavy atom. The van der Waals surface area contributed by atoms with Gasteiger partial charge in [-0.05, 0) is 13.1 Å². The van der Waals surface area contributed by atoms with Crippen LogP contribution in [-0.4, -0.2) is 65.2 Å². The molecule has 1 aliphatic rings. The lowest BCUT2D eigenvalue weighted by Gasteiger charge is -2.39.